The summed E-state index contributed by atoms with van der Waals surface area (Å²) >= 11 is 0. The number of ether oxygens (including phenoxy) is 1. The molecule has 158 valence electrons. The lowest BCUT2D eigenvalue weighted by Gasteiger charge is -2.21. The lowest BCUT2D eigenvalue weighted by Crippen LogP contribution is -2.27. The maximum atomic E-state index is 13.5. The predicted octanol–water partition coefficient (Wildman–Crippen LogP) is 5.34. The molecule has 1 aromatic heterocycles. The van der Waals surface area contributed by atoms with Gasteiger partial charge in [0.15, 0.2) is 5.75 Å². The van der Waals surface area contributed by atoms with Gasteiger partial charge in [-0.15, -0.1) is 0 Å². The van der Waals surface area contributed by atoms with E-state index < -0.39 is 5.97 Å². The SMILES string of the molecule is C=C(CC)C(=O)Oc1c(C#N)cccc1N(C)C(=O)c1cccc2c1[nH]c1ccccc12. The number of carbonyl (C=O) groups is 2. The zero-order chi connectivity index (χ0) is 22.8. The molecule has 4 rings (SSSR count). The summed E-state index contributed by atoms with van der Waals surface area (Å²) in [5.41, 5.74) is 2.88. The summed E-state index contributed by atoms with van der Waals surface area (Å²) < 4.78 is 5.50. The minimum absolute atomic E-state index is 0.0364. The van der Waals surface area contributed by atoms with Gasteiger partial charge in [0, 0.05) is 28.9 Å². The average Bonchev–Trinajstić information content (AvgIpc) is 3.21. The largest absolute Gasteiger partial charge is 0.420 e. The molecule has 0 fully saturated rings. The number of benzene rings is 3. The van der Waals surface area contributed by atoms with Gasteiger partial charge < -0.3 is 14.6 Å². The predicted molar refractivity (Wildman–Crippen MR) is 125 cm³/mol. The number of hydrogen-bond acceptors (Lipinski definition) is 4. The van der Waals surface area contributed by atoms with Gasteiger partial charge in [0.1, 0.15) is 6.07 Å². The van der Waals surface area contributed by atoms with E-state index in [1.54, 1.807) is 32.2 Å². The molecule has 6 nitrogen and oxygen atoms in total. The van der Waals surface area contributed by atoms with Crippen LogP contribution in [-0.2, 0) is 4.79 Å². The normalized spacial score (nSPS) is 10.7. The van der Waals surface area contributed by atoms with Crippen LogP contribution in [0.15, 0.2) is 72.8 Å². The number of anilines is 1. The zero-order valence-electron chi connectivity index (χ0n) is 17.8. The van der Waals surface area contributed by atoms with Gasteiger partial charge in [-0.3, -0.25) is 4.79 Å². The second-order valence-corrected chi connectivity index (χ2v) is 7.38. The summed E-state index contributed by atoms with van der Waals surface area (Å²) in [6.07, 6.45) is 0.417. The third-order valence-electron chi connectivity index (χ3n) is 5.46. The molecule has 0 unspecified atom stereocenters. The Hall–Kier alpha value is -4.37. The van der Waals surface area contributed by atoms with Gasteiger partial charge in [0.25, 0.3) is 5.91 Å². The number of hydrogen-bond donors (Lipinski definition) is 1. The van der Waals surface area contributed by atoms with Crippen molar-refractivity contribution in [3.05, 3.63) is 83.9 Å². The topological polar surface area (TPSA) is 86.2 Å². The Morgan fingerprint density at radius 1 is 1.06 bits per heavy atom. The molecule has 0 atom stereocenters. The molecule has 1 amide bonds. The molecule has 4 aromatic rings. The van der Waals surface area contributed by atoms with Crippen molar-refractivity contribution >= 4 is 39.4 Å². The Balaban J connectivity index is 1.79. The Morgan fingerprint density at radius 3 is 2.53 bits per heavy atom. The summed E-state index contributed by atoms with van der Waals surface area (Å²) in [7, 11) is 1.59. The second kappa shape index (κ2) is 8.40. The number of H-pyrrole nitrogens is 1. The van der Waals surface area contributed by atoms with Crippen molar-refractivity contribution in [2.45, 2.75) is 13.3 Å². The molecule has 0 bridgehead atoms. The quantitative estimate of drug-likeness (QED) is 0.267. The highest BCUT2D eigenvalue weighted by Gasteiger charge is 2.24. The number of fused-ring (bicyclic) bond motifs is 3. The smallest absolute Gasteiger partial charge is 0.338 e. The number of para-hydroxylation sites is 3. The van der Waals surface area contributed by atoms with E-state index in [4.69, 9.17) is 4.74 Å². The number of esters is 1. The molecule has 1 N–H and O–H groups in total. The molecule has 0 aliphatic heterocycles. The number of amides is 1. The summed E-state index contributed by atoms with van der Waals surface area (Å²) in [5.74, 6) is -0.895. The minimum atomic E-state index is -0.630. The lowest BCUT2D eigenvalue weighted by atomic mass is 10.1. The first kappa shape index (κ1) is 20.9. The van der Waals surface area contributed by atoms with Crippen LogP contribution in [0.1, 0.15) is 29.3 Å². The monoisotopic (exact) mass is 423 g/mol. The number of nitrogens with zero attached hydrogens (tertiary/aromatic N) is 2. The van der Waals surface area contributed by atoms with Crippen molar-refractivity contribution in [1.82, 2.24) is 4.98 Å². The third kappa shape index (κ3) is 3.50. The molecule has 32 heavy (non-hydrogen) atoms. The van der Waals surface area contributed by atoms with Gasteiger partial charge in [-0.1, -0.05) is 49.9 Å². The third-order valence-corrected chi connectivity index (χ3v) is 5.46. The second-order valence-electron chi connectivity index (χ2n) is 7.38. The van der Waals surface area contributed by atoms with Gasteiger partial charge in [-0.2, -0.15) is 5.26 Å². The lowest BCUT2D eigenvalue weighted by molar-refractivity contribution is -0.130. The Bertz CT molecular complexity index is 1430. The van der Waals surface area contributed by atoms with E-state index in [1.807, 2.05) is 42.5 Å². The first-order valence-corrected chi connectivity index (χ1v) is 10.2. The van der Waals surface area contributed by atoms with Gasteiger partial charge in [0.2, 0.25) is 0 Å². The highest BCUT2D eigenvalue weighted by Crippen LogP contribution is 2.34. The molecular weight excluding hydrogens is 402 g/mol. The highest BCUT2D eigenvalue weighted by atomic mass is 16.5. The number of carbonyl (C=O) groups excluding carboxylic acids is 2. The fourth-order valence-electron chi connectivity index (χ4n) is 3.63. The summed E-state index contributed by atoms with van der Waals surface area (Å²) in [6.45, 7) is 5.48. The van der Waals surface area contributed by atoms with Gasteiger partial charge >= 0.3 is 5.97 Å². The number of nitrogens with one attached hydrogen (secondary N) is 1. The van der Waals surface area contributed by atoms with Crippen molar-refractivity contribution in [2.75, 3.05) is 11.9 Å². The molecule has 0 aliphatic rings. The average molecular weight is 423 g/mol. The van der Waals surface area contributed by atoms with Crippen LogP contribution in [0.25, 0.3) is 21.8 Å². The Morgan fingerprint density at radius 2 is 1.78 bits per heavy atom. The highest BCUT2D eigenvalue weighted by molar-refractivity contribution is 6.18. The molecule has 1 heterocycles. The summed E-state index contributed by atoms with van der Waals surface area (Å²) in [4.78, 5) is 30.6. The first-order valence-electron chi connectivity index (χ1n) is 10.2. The molecule has 0 aliphatic carbocycles. The molecule has 0 saturated carbocycles. The van der Waals surface area contributed by atoms with Gasteiger partial charge in [-0.25, -0.2) is 4.79 Å². The van der Waals surface area contributed by atoms with Crippen molar-refractivity contribution in [3.8, 4) is 11.8 Å². The van der Waals surface area contributed by atoms with Crippen molar-refractivity contribution in [2.24, 2.45) is 0 Å². The Kier molecular flexibility index (Phi) is 5.48. The molecule has 0 radical (unpaired) electrons. The maximum absolute atomic E-state index is 13.5. The van der Waals surface area contributed by atoms with E-state index in [9.17, 15) is 14.9 Å². The van der Waals surface area contributed by atoms with Crippen molar-refractivity contribution in [3.63, 3.8) is 0 Å². The van der Waals surface area contributed by atoms with E-state index >= 15 is 0 Å². The fourth-order valence-corrected chi connectivity index (χ4v) is 3.63. The van der Waals surface area contributed by atoms with E-state index in [1.165, 1.54) is 11.0 Å². The molecule has 0 spiro atoms. The maximum Gasteiger partial charge on any atom is 0.338 e. The van der Waals surface area contributed by atoms with E-state index in [-0.39, 0.29) is 22.8 Å². The van der Waals surface area contributed by atoms with Crippen LogP contribution in [0.3, 0.4) is 0 Å². The standard InChI is InChI=1S/C26H21N3O3/c1-4-16(2)26(31)32-24-17(15-27)9-7-14-22(24)29(3)25(30)20-12-8-11-19-18-10-5-6-13-21(18)28-23(19)20/h5-14,28H,2,4H2,1,3H3. The molecular formula is C26H21N3O3. The molecule has 6 heteroatoms. The van der Waals surface area contributed by atoms with E-state index in [0.29, 0.717) is 17.7 Å². The Labute approximate surface area is 185 Å². The molecule has 3 aromatic carbocycles. The van der Waals surface area contributed by atoms with Crippen molar-refractivity contribution < 1.29 is 14.3 Å². The fraction of sp³-hybridized carbons (Fsp3) is 0.115. The summed E-state index contributed by atoms with van der Waals surface area (Å²) in [6, 6.07) is 20.2. The minimum Gasteiger partial charge on any atom is -0.420 e. The van der Waals surface area contributed by atoms with Crippen LogP contribution in [0.5, 0.6) is 5.75 Å². The first-order chi connectivity index (χ1) is 15.5. The van der Waals surface area contributed by atoms with Crippen molar-refractivity contribution in [1.29, 1.82) is 5.26 Å². The van der Waals surface area contributed by atoms with E-state index in [0.717, 1.165) is 21.8 Å². The van der Waals surface area contributed by atoms with Crippen LogP contribution in [0.4, 0.5) is 5.69 Å². The van der Waals surface area contributed by atoms with Crippen LogP contribution in [0, 0.1) is 11.3 Å². The van der Waals surface area contributed by atoms with E-state index in [2.05, 4.69) is 11.6 Å². The number of nitriles is 1. The zero-order valence-corrected chi connectivity index (χ0v) is 17.8. The number of aromatic amines is 1. The van der Waals surface area contributed by atoms with Crippen LogP contribution in [-0.4, -0.2) is 23.9 Å². The van der Waals surface area contributed by atoms with Crippen LogP contribution < -0.4 is 9.64 Å². The van der Waals surface area contributed by atoms with Gasteiger partial charge in [-0.05, 0) is 30.7 Å². The molecule has 0 saturated heterocycles. The number of aromatic nitrogens is 1. The van der Waals surface area contributed by atoms with Crippen LogP contribution >= 0.6 is 0 Å². The summed E-state index contributed by atoms with van der Waals surface area (Å²) in [5, 5.41) is 11.5. The van der Waals surface area contributed by atoms with Gasteiger partial charge in [0.05, 0.1) is 22.3 Å². The number of rotatable bonds is 5. The van der Waals surface area contributed by atoms with Crippen LogP contribution in [0.2, 0.25) is 0 Å².